The van der Waals surface area contributed by atoms with Gasteiger partial charge in [-0.2, -0.15) is 5.26 Å². The largest absolute Gasteiger partial charge is 0.479 e. The maximum Gasteiger partial charge on any atom is 0.332 e. The van der Waals surface area contributed by atoms with Gasteiger partial charge in [-0.1, -0.05) is 12.1 Å². The number of carboxylic acids is 1. The van der Waals surface area contributed by atoms with Gasteiger partial charge in [-0.15, -0.1) is 0 Å². The zero-order valence-corrected chi connectivity index (χ0v) is 7.23. The van der Waals surface area contributed by atoms with E-state index < -0.39 is 12.6 Å². The number of carboxylic acid groups (broad SMARTS) is 1. The summed E-state index contributed by atoms with van der Waals surface area (Å²) >= 11 is 0. The first-order valence-corrected chi connectivity index (χ1v) is 3.83. The molecule has 5 nitrogen and oxygen atoms in total. The summed E-state index contributed by atoms with van der Waals surface area (Å²) in [5, 5.41) is 17.0. The number of rotatable bonds is 4. The van der Waals surface area contributed by atoms with E-state index in [2.05, 4.69) is 10.3 Å². The maximum atomic E-state index is 10.1. The normalized spacial score (nSPS) is 9.07. The van der Waals surface area contributed by atoms with Crippen molar-refractivity contribution in [2.24, 2.45) is 0 Å². The van der Waals surface area contributed by atoms with E-state index in [1.54, 1.807) is 24.3 Å². The Morgan fingerprint density at radius 2 is 2.29 bits per heavy atom. The number of nitriles is 1. The molecule has 0 heterocycles. The average Bonchev–Trinajstić information content (AvgIpc) is 2.18. The second-order valence-electron chi connectivity index (χ2n) is 2.44. The molecule has 0 aliphatic carbocycles. The van der Waals surface area contributed by atoms with Gasteiger partial charge >= 0.3 is 5.97 Å². The fourth-order valence-corrected chi connectivity index (χ4v) is 0.845. The molecule has 0 unspecified atom stereocenters. The van der Waals surface area contributed by atoms with E-state index in [4.69, 9.17) is 10.4 Å². The molecule has 5 heteroatoms. The number of carbonyl (C=O) groups is 1. The molecule has 72 valence electrons. The molecule has 0 saturated carbocycles. The molecule has 1 rings (SSSR count). The molecule has 0 atom stereocenters. The fourth-order valence-electron chi connectivity index (χ4n) is 0.845. The van der Waals surface area contributed by atoms with Crippen LogP contribution in [0.1, 0.15) is 5.56 Å². The third-order valence-electron chi connectivity index (χ3n) is 1.43. The minimum atomic E-state index is -1.08. The van der Waals surface area contributed by atoms with Crippen LogP contribution in [0.2, 0.25) is 0 Å². The predicted molar refractivity (Wildman–Crippen MR) is 48.4 cm³/mol. The van der Waals surface area contributed by atoms with E-state index in [0.717, 1.165) is 0 Å². The molecule has 0 aromatic heterocycles. The molecule has 0 saturated heterocycles. The van der Waals surface area contributed by atoms with Crippen molar-refractivity contribution in [1.82, 2.24) is 0 Å². The van der Waals surface area contributed by atoms with Gasteiger partial charge in [-0.25, -0.2) is 4.79 Å². The van der Waals surface area contributed by atoms with Crippen LogP contribution < -0.4 is 5.48 Å². The number of nitrogens with zero attached hydrogens (tertiary/aromatic N) is 1. The molecule has 0 fully saturated rings. The summed E-state index contributed by atoms with van der Waals surface area (Å²) in [4.78, 5) is 14.7. The first-order valence-electron chi connectivity index (χ1n) is 3.83. The van der Waals surface area contributed by atoms with E-state index in [0.29, 0.717) is 11.3 Å². The van der Waals surface area contributed by atoms with Crippen LogP contribution in [0.25, 0.3) is 0 Å². The number of hydrogen-bond acceptors (Lipinski definition) is 4. The van der Waals surface area contributed by atoms with E-state index in [1.165, 1.54) is 0 Å². The van der Waals surface area contributed by atoms with Crippen molar-refractivity contribution in [3.8, 4) is 6.07 Å². The highest BCUT2D eigenvalue weighted by Gasteiger charge is 2.01. The fraction of sp³-hybridized carbons (Fsp3) is 0.111. The quantitative estimate of drug-likeness (QED) is 0.695. The van der Waals surface area contributed by atoms with Crippen molar-refractivity contribution >= 4 is 11.7 Å². The lowest BCUT2D eigenvalue weighted by atomic mass is 10.2. The Balaban J connectivity index is 2.59. The lowest BCUT2D eigenvalue weighted by Crippen LogP contribution is -2.11. The van der Waals surface area contributed by atoms with E-state index in [-0.39, 0.29) is 0 Å². The Bertz CT molecular complexity index is 371. The molecule has 0 aliphatic rings. The third kappa shape index (κ3) is 2.77. The predicted octanol–water partition coefficient (Wildman–Crippen LogP) is 0.986. The summed E-state index contributed by atoms with van der Waals surface area (Å²) in [6.07, 6.45) is 0. The second-order valence-corrected chi connectivity index (χ2v) is 2.44. The summed E-state index contributed by atoms with van der Waals surface area (Å²) < 4.78 is 0. The summed E-state index contributed by atoms with van der Waals surface area (Å²) in [7, 11) is 0. The monoisotopic (exact) mass is 192 g/mol. The molecule has 0 bridgehead atoms. The van der Waals surface area contributed by atoms with Crippen molar-refractivity contribution in [2.45, 2.75) is 0 Å². The Morgan fingerprint density at radius 3 is 2.93 bits per heavy atom. The van der Waals surface area contributed by atoms with Crippen LogP contribution in [0.15, 0.2) is 24.3 Å². The smallest absolute Gasteiger partial charge is 0.332 e. The summed E-state index contributed by atoms with van der Waals surface area (Å²) in [5.74, 6) is -1.08. The average molecular weight is 192 g/mol. The molecule has 0 amide bonds. The van der Waals surface area contributed by atoms with Gasteiger partial charge in [0.05, 0.1) is 11.3 Å². The van der Waals surface area contributed by atoms with Crippen molar-refractivity contribution in [1.29, 1.82) is 5.26 Å². The number of aliphatic carboxylic acids is 1. The van der Waals surface area contributed by atoms with Gasteiger partial charge in [0.1, 0.15) is 6.07 Å². The molecule has 2 N–H and O–H groups in total. The van der Waals surface area contributed by atoms with Gasteiger partial charge < -0.3 is 5.11 Å². The molecule has 1 aromatic carbocycles. The van der Waals surface area contributed by atoms with Gasteiger partial charge in [0, 0.05) is 0 Å². The zero-order chi connectivity index (χ0) is 10.4. The number of hydrogen-bond donors (Lipinski definition) is 2. The lowest BCUT2D eigenvalue weighted by Gasteiger charge is -2.05. The van der Waals surface area contributed by atoms with Crippen LogP contribution in [0.5, 0.6) is 0 Å². The standard InChI is InChI=1S/C9H8N2O3/c10-5-7-3-1-2-4-8(7)11-14-6-9(12)13/h1-4,11H,6H2,(H,12,13). The molecule has 14 heavy (non-hydrogen) atoms. The molecule has 1 aromatic rings. The van der Waals surface area contributed by atoms with Crippen LogP contribution in [0, 0.1) is 11.3 Å². The minimum absolute atomic E-state index is 0.401. The molecule has 0 spiro atoms. The molecular weight excluding hydrogens is 184 g/mol. The van der Waals surface area contributed by atoms with Crippen LogP contribution in [0.3, 0.4) is 0 Å². The molecule has 0 aliphatic heterocycles. The number of anilines is 1. The Kier molecular flexibility index (Phi) is 3.47. The van der Waals surface area contributed by atoms with Crippen LogP contribution in [0.4, 0.5) is 5.69 Å². The minimum Gasteiger partial charge on any atom is -0.479 e. The number of para-hydroxylation sites is 1. The van der Waals surface area contributed by atoms with Crippen LogP contribution in [-0.4, -0.2) is 17.7 Å². The summed E-state index contributed by atoms with van der Waals surface area (Å²) in [6.45, 7) is -0.459. The van der Waals surface area contributed by atoms with E-state index in [1.807, 2.05) is 6.07 Å². The summed E-state index contributed by atoms with van der Waals surface area (Å²) in [5.41, 5.74) is 3.25. The molecular formula is C9H8N2O3. The first-order chi connectivity index (χ1) is 6.74. The highest BCUT2D eigenvalue weighted by Crippen LogP contribution is 2.12. The van der Waals surface area contributed by atoms with Gasteiger partial charge in [0.25, 0.3) is 0 Å². The lowest BCUT2D eigenvalue weighted by molar-refractivity contribution is -0.141. The zero-order valence-electron chi connectivity index (χ0n) is 7.23. The Labute approximate surface area is 80.5 Å². The topological polar surface area (TPSA) is 82.3 Å². The molecule has 0 radical (unpaired) electrons. The van der Waals surface area contributed by atoms with E-state index >= 15 is 0 Å². The van der Waals surface area contributed by atoms with Gasteiger partial charge in [0.15, 0.2) is 6.61 Å². The highest BCUT2D eigenvalue weighted by atomic mass is 16.7. The van der Waals surface area contributed by atoms with Gasteiger partial charge in [0.2, 0.25) is 0 Å². The first kappa shape index (κ1) is 10.0. The van der Waals surface area contributed by atoms with Gasteiger partial charge in [-0.05, 0) is 12.1 Å². The van der Waals surface area contributed by atoms with Crippen molar-refractivity contribution in [3.63, 3.8) is 0 Å². The number of benzene rings is 1. The highest BCUT2D eigenvalue weighted by molar-refractivity contribution is 5.68. The Hall–Kier alpha value is -2.06. The van der Waals surface area contributed by atoms with E-state index in [9.17, 15) is 4.79 Å². The maximum absolute atomic E-state index is 10.1. The van der Waals surface area contributed by atoms with Crippen LogP contribution >= 0.6 is 0 Å². The third-order valence-corrected chi connectivity index (χ3v) is 1.43. The van der Waals surface area contributed by atoms with Gasteiger partial charge in [-0.3, -0.25) is 10.3 Å². The SMILES string of the molecule is N#Cc1ccccc1NOCC(=O)O. The Morgan fingerprint density at radius 1 is 1.57 bits per heavy atom. The number of nitrogens with one attached hydrogen (secondary N) is 1. The summed E-state index contributed by atoms with van der Waals surface area (Å²) in [6, 6.07) is 8.60. The second kappa shape index (κ2) is 4.84. The van der Waals surface area contributed by atoms with Crippen molar-refractivity contribution in [3.05, 3.63) is 29.8 Å². The van der Waals surface area contributed by atoms with Crippen molar-refractivity contribution < 1.29 is 14.7 Å². The van der Waals surface area contributed by atoms with Crippen molar-refractivity contribution in [2.75, 3.05) is 12.1 Å². The van der Waals surface area contributed by atoms with Crippen LogP contribution in [-0.2, 0) is 9.63 Å².